The maximum atomic E-state index is 11.1. The van der Waals surface area contributed by atoms with Crippen LogP contribution >= 0.6 is 0 Å². The van der Waals surface area contributed by atoms with Crippen LogP contribution in [0.15, 0.2) is 23.8 Å². The lowest BCUT2D eigenvalue weighted by atomic mass is 10.1. The Hall–Kier alpha value is -1.05. The average molecular weight is 152 g/mol. The minimum Gasteiger partial charge on any atom is -0.462 e. The van der Waals surface area contributed by atoms with Crippen molar-refractivity contribution in [3.8, 4) is 0 Å². The van der Waals surface area contributed by atoms with Gasteiger partial charge >= 0.3 is 5.97 Å². The molecule has 11 heavy (non-hydrogen) atoms. The van der Waals surface area contributed by atoms with Crippen molar-refractivity contribution in [3.63, 3.8) is 0 Å². The second-order valence-electron chi connectivity index (χ2n) is 2.36. The number of ether oxygens (including phenoxy) is 1. The molecule has 0 heterocycles. The maximum Gasteiger partial charge on any atom is 0.337 e. The first-order valence-corrected chi connectivity index (χ1v) is 3.88. The van der Waals surface area contributed by atoms with Gasteiger partial charge in [-0.2, -0.15) is 0 Å². The molecular formula is C9H12O2. The fourth-order valence-corrected chi connectivity index (χ4v) is 0.979. The molecule has 0 aliphatic heterocycles. The fourth-order valence-electron chi connectivity index (χ4n) is 0.979. The van der Waals surface area contributed by atoms with Crippen molar-refractivity contribution < 1.29 is 9.53 Å². The fraction of sp³-hybridized carbons (Fsp3) is 0.444. The van der Waals surface area contributed by atoms with E-state index in [1.165, 1.54) is 0 Å². The van der Waals surface area contributed by atoms with Crippen molar-refractivity contribution in [1.82, 2.24) is 0 Å². The number of hydrogen-bond acceptors (Lipinski definition) is 2. The number of allylic oxidation sites excluding steroid dienone is 2. The first-order valence-electron chi connectivity index (χ1n) is 3.88. The minimum absolute atomic E-state index is 0.205. The summed E-state index contributed by atoms with van der Waals surface area (Å²) in [4.78, 5) is 11.1. The standard InChI is InChI=1S/C9H12O2/c1-2-11-9(10)8-6-4-3-5-7-8/h4,6-7H,2-3,5H2,1H3. The van der Waals surface area contributed by atoms with Crippen LogP contribution in [0, 0.1) is 0 Å². The second kappa shape index (κ2) is 3.96. The van der Waals surface area contributed by atoms with Crippen LogP contribution in [0.1, 0.15) is 19.8 Å². The largest absolute Gasteiger partial charge is 0.462 e. The van der Waals surface area contributed by atoms with E-state index in [-0.39, 0.29) is 5.97 Å². The van der Waals surface area contributed by atoms with Crippen molar-refractivity contribution in [1.29, 1.82) is 0 Å². The van der Waals surface area contributed by atoms with E-state index in [1.54, 1.807) is 0 Å². The van der Waals surface area contributed by atoms with Crippen molar-refractivity contribution >= 4 is 5.97 Å². The lowest BCUT2D eigenvalue weighted by Gasteiger charge is -2.04. The summed E-state index contributed by atoms with van der Waals surface area (Å²) in [5.74, 6) is -0.205. The van der Waals surface area contributed by atoms with Crippen molar-refractivity contribution in [2.75, 3.05) is 6.61 Å². The van der Waals surface area contributed by atoms with Gasteiger partial charge in [0, 0.05) is 0 Å². The predicted octanol–water partition coefficient (Wildman–Crippen LogP) is 1.83. The van der Waals surface area contributed by atoms with Gasteiger partial charge in [0.2, 0.25) is 0 Å². The van der Waals surface area contributed by atoms with Gasteiger partial charge in [0.25, 0.3) is 0 Å². The third-order valence-corrected chi connectivity index (χ3v) is 1.51. The molecule has 0 unspecified atom stereocenters. The molecule has 2 nitrogen and oxygen atoms in total. The van der Waals surface area contributed by atoms with Crippen molar-refractivity contribution in [2.24, 2.45) is 0 Å². The molecule has 0 aromatic rings. The highest BCUT2D eigenvalue weighted by Crippen LogP contribution is 2.10. The van der Waals surface area contributed by atoms with Crippen LogP contribution in [0.2, 0.25) is 0 Å². The Kier molecular flexibility index (Phi) is 2.90. The average Bonchev–Trinajstić information content (AvgIpc) is 2.07. The number of esters is 1. The summed E-state index contributed by atoms with van der Waals surface area (Å²) in [6, 6.07) is 0. The molecule has 1 aliphatic carbocycles. The maximum absolute atomic E-state index is 11.1. The molecule has 2 heteroatoms. The van der Waals surface area contributed by atoms with Crippen LogP contribution in [0.5, 0.6) is 0 Å². The molecular weight excluding hydrogens is 140 g/mol. The molecule has 0 aromatic carbocycles. The van der Waals surface area contributed by atoms with Gasteiger partial charge in [-0.25, -0.2) is 4.79 Å². The van der Waals surface area contributed by atoms with Crippen LogP contribution in [-0.4, -0.2) is 12.6 Å². The normalized spacial score (nSPS) is 15.9. The van der Waals surface area contributed by atoms with E-state index in [4.69, 9.17) is 4.74 Å². The molecule has 0 bridgehead atoms. The second-order valence-corrected chi connectivity index (χ2v) is 2.36. The quantitative estimate of drug-likeness (QED) is 0.564. The molecule has 1 rings (SSSR count). The van der Waals surface area contributed by atoms with Gasteiger partial charge in [-0.15, -0.1) is 0 Å². The summed E-state index contributed by atoms with van der Waals surface area (Å²) in [6.45, 7) is 2.26. The summed E-state index contributed by atoms with van der Waals surface area (Å²) in [5.41, 5.74) is 0.693. The molecule has 0 aromatic heterocycles. The van der Waals surface area contributed by atoms with Gasteiger partial charge < -0.3 is 4.74 Å². The molecule has 60 valence electrons. The smallest absolute Gasteiger partial charge is 0.337 e. The van der Waals surface area contributed by atoms with Gasteiger partial charge in [-0.1, -0.05) is 18.2 Å². The van der Waals surface area contributed by atoms with Gasteiger partial charge in [-0.05, 0) is 19.8 Å². The minimum atomic E-state index is -0.205. The third kappa shape index (κ3) is 2.22. The lowest BCUT2D eigenvalue weighted by Crippen LogP contribution is -2.06. The Morgan fingerprint density at radius 3 is 3.00 bits per heavy atom. The molecule has 0 radical (unpaired) electrons. The number of rotatable bonds is 2. The van der Waals surface area contributed by atoms with Crippen LogP contribution in [-0.2, 0) is 9.53 Å². The Labute approximate surface area is 66.5 Å². The molecule has 0 N–H and O–H groups in total. The molecule has 1 aliphatic rings. The van der Waals surface area contributed by atoms with Gasteiger partial charge in [0.05, 0.1) is 12.2 Å². The van der Waals surface area contributed by atoms with E-state index in [9.17, 15) is 4.79 Å². The zero-order valence-corrected chi connectivity index (χ0v) is 6.67. The molecule has 0 saturated carbocycles. The van der Waals surface area contributed by atoms with E-state index in [0.717, 1.165) is 12.8 Å². The van der Waals surface area contributed by atoms with E-state index in [0.29, 0.717) is 12.2 Å². The Balaban J connectivity index is 2.52. The van der Waals surface area contributed by atoms with Crippen molar-refractivity contribution in [3.05, 3.63) is 23.8 Å². The van der Waals surface area contributed by atoms with E-state index >= 15 is 0 Å². The topological polar surface area (TPSA) is 26.3 Å². The summed E-state index contributed by atoms with van der Waals surface area (Å²) < 4.78 is 4.82. The van der Waals surface area contributed by atoms with Crippen LogP contribution in [0.4, 0.5) is 0 Å². The van der Waals surface area contributed by atoms with Gasteiger partial charge in [0.1, 0.15) is 0 Å². The highest BCUT2D eigenvalue weighted by atomic mass is 16.5. The third-order valence-electron chi connectivity index (χ3n) is 1.51. The van der Waals surface area contributed by atoms with Crippen LogP contribution in [0.3, 0.4) is 0 Å². The molecule has 0 spiro atoms. The Bertz CT molecular complexity index is 202. The first kappa shape index (κ1) is 8.05. The molecule has 0 saturated heterocycles. The molecule has 0 atom stereocenters. The number of carbonyl (C=O) groups excluding carboxylic acids is 1. The van der Waals surface area contributed by atoms with E-state index < -0.39 is 0 Å². The van der Waals surface area contributed by atoms with Crippen LogP contribution in [0.25, 0.3) is 0 Å². The molecule has 0 fully saturated rings. The monoisotopic (exact) mass is 152 g/mol. The first-order chi connectivity index (χ1) is 5.34. The van der Waals surface area contributed by atoms with E-state index in [2.05, 4.69) is 0 Å². The van der Waals surface area contributed by atoms with Crippen molar-refractivity contribution in [2.45, 2.75) is 19.8 Å². The summed E-state index contributed by atoms with van der Waals surface area (Å²) in [7, 11) is 0. The SMILES string of the molecule is CCOC(=O)C1=CCCC=C1. The Morgan fingerprint density at radius 2 is 2.45 bits per heavy atom. The van der Waals surface area contributed by atoms with E-state index in [1.807, 2.05) is 25.2 Å². The zero-order valence-electron chi connectivity index (χ0n) is 6.67. The number of carbonyl (C=O) groups is 1. The van der Waals surface area contributed by atoms with Gasteiger partial charge in [-0.3, -0.25) is 0 Å². The highest BCUT2D eigenvalue weighted by Gasteiger charge is 2.07. The summed E-state index contributed by atoms with van der Waals surface area (Å²) in [6.07, 6.45) is 7.71. The van der Waals surface area contributed by atoms with Crippen LogP contribution < -0.4 is 0 Å². The van der Waals surface area contributed by atoms with Gasteiger partial charge in [0.15, 0.2) is 0 Å². The Morgan fingerprint density at radius 1 is 1.64 bits per heavy atom. The zero-order chi connectivity index (χ0) is 8.10. The molecule has 0 amide bonds. The number of hydrogen-bond donors (Lipinski definition) is 0. The lowest BCUT2D eigenvalue weighted by molar-refractivity contribution is -0.138. The summed E-state index contributed by atoms with van der Waals surface area (Å²) in [5, 5.41) is 0. The predicted molar refractivity (Wildman–Crippen MR) is 43.1 cm³/mol. The highest BCUT2D eigenvalue weighted by molar-refractivity contribution is 5.91. The summed E-state index contributed by atoms with van der Waals surface area (Å²) >= 11 is 0.